The highest BCUT2D eigenvalue weighted by Gasteiger charge is 2.21. The second kappa shape index (κ2) is 47.1. The number of ether oxygens (including phenoxy) is 2. The minimum absolute atomic E-state index is 0.0294. The highest BCUT2D eigenvalue weighted by Crippen LogP contribution is 2.38. The summed E-state index contributed by atoms with van der Waals surface area (Å²) in [7, 11) is 1.17. The van der Waals surface area contributed by atoms with Crippen LogP contribution in [0.15, 0.2) is 48.6 Å². The van der Waals surface area contributed by atoms with Crippen molar-refractivity contribution in [1.82, 2.24) is 0 Å². The van der Waals surface area contributed by atoms with Crippen LogP contribution in [0.2, 0.25) is 0 Å². The number of hydrogen-bond acceptors (Lipinski definition) is 8. The summed E-state index contributed by atoms with van der Waals surface area (Å²) in [5.41, 5.74) is 0. The maximum Gasteiger partial charge on any atom is 0.306 e. The molecule has 380 valence electrons. The van der Waals surface area contributed by atoms with Crippen molar-refractivity contribution in [3.63, 3.8) is 0 Å². The van der Waals surface area contributed by atoms with Crippen LogP contribution in [0.4, 0.5) is 0 Å². The van der Waals surface area contributed by atoms with E-state index in [1.54, 1.807) is 0 Å². The molecule has 0 saturated carbocycles. The Morgan fingerprint density at radius 2 is 0.877 bits per heavy atom. The van der Waals surface area contributed by atoms with Crippen molar-refractivity contribution >= 4 is 19.8 Å². The number of phosphoric acid groups is 1. The normalized spacial score (nSPS) is 13.8. The van der Waals surface area contributed by atoms with Crippen LogP contribution in [0.3, 0.4) is 0 Å². The lowest BCUT2D eigenvalue weighted by Gasteiger charge is -2.28. The molecule has 0 rings (SSSR count). The van der Waals surface area contributed by atoms with Gasteiger partial charge in [0.2, 0.25) is 0 Å². The minimum atomic E-state index is -4.63. The zero-order valence-corrected chi connectivity index (χ0v) is 43.8. The lowest BCUT2D eigenvalue weighted by atomic mass is 10.0. The fraction of sp³-hybridized carbons (Fsp3) is 0.818. The van der Waals surface area contributed by atoms with Crippen molar-refractivity contribution in [3.8, 4) is 0 Å². The monoisotopic (exact) mass is 936 g/mol. The molecule has 0 fully saturated rings. The lowest BCUT2D eigenvalue weighted by Crippen LogP contribution is -2.37. The molecule has 0 aliphatic heterocycles. The van der Waals surface area contributed by atoms with Crippen molar-refractivity contribution in [3.05, 3.63) is 48.6 Å². The van der Waals surface area contributed by atoms with Crippen LogP contribution in [0.25, 0.3) is 0 Å². The molecule has 0 bridgehead atoms. The number of phosphoric ester groups is 1. The van der Waals surface area contributed by atoms with Gasteiger partial charge >= 0.3 is 11.9 Å². The standard InChI is InChI=1S/C55H102NO8P/c1-6-8-10-12-14-16-18-20-21-22-23-24-25-26-27-28-29-30-31-32-33-34-35-36-38-40-42-44-46-48-55(58)64-53(52-63-65(59,60)62-50-49-56(3,4)5)51-61-54(57)47-45-43-41-39-37-19-17-15-13-11-9-7-2/h8,10,14,16,20-21,23-24,53H,6-7,9,11-13,15,17-19,22,25-52H2,1-5H3/b10-8-,16-14-,21-20-,24-23-. The fourth-order valence-corrected chi connectivity index (χ4v) is 8.20. The molecule has 0 aromatic heterocycles. The summed E-state index contributed by atoms with van der Waals surface area (Å²) in [5, 5.41) is 0. The van der Waals surface area contributed by atoms with Gasteiger partial charge in [0.1, 0.15) is 19.8 Å². The molecule has 0 amide bonds. The first-order valence-electron chi connectivity index (χ1n) is 26.8. The van der Waals surface area contributed by atoms with Crippen LogP contribution in [0, 0.1) is 0 Å². The van der Waals surface area contributed by atoms with Gasteiger partial charge in [0.05, 0.1) is 27.7 Å². The van der Waals surface area contributed by atoms with Gasteiger partial charge in [-0.15, -0.1) is 0 Å². The summed E-state index contributed by atoms with van der Waals surface area (Å²) in [4.78, 5) is 37.7. The number of nitrogens with zero attached hydrogens (tertiary/aromatic N) is 1. The molecule has 0 aromatic carbocycles. The Hall–Kier alpha value is -2.03. The van der Waals surface area contributed by atoms with Gasteiger partial charge < -0.3 is 27.9 Å². The zero-order chi connectivity index (χ0) is 47.8. The maximum atomic E-state index is 12.7. The smallest absolute Gasteiger partial charge is 0.306 e. The minimum Gasteiger partial charge on any atom is -0.756 e. The molecule has 0 aliphatic carbocycles. The quantitative estimate of drug-likeness (QED) is 0.0195. The fourth-order valence-electron chi connectivity index (χ4n) is 7.47. The lowest BCUT2D eigenvalue weighted by molar-refractivity contribution is -0.870. The molecule has 0 saturated heterocycles. The van der Waals surface area contributed by atoms with Gasteiger partial charge in [-0.3, -0.25) is 14.2 Å². The molecule has 2 unspecified atom stereocenters. The molecule has 2 atom stereocenters. The molecule has 0 aromatic rings. The number of carbonyl (C=O) groups excluding carboxylic acids is 2. The predicted octanol–water partition coefficient (Wildman–Crippen LogP) is 15.6. The first-order chi connectivity index (χ1) is 31.5. The summed E-state index contributed by atoms with van der Waals surface area (Å²) in [6, 6.07) is 0. The van der Waals surface area contributed by atoms with Crippen molar-refractivity contribution in [2.24, 2.45) is 0 Å². The van der Waals surface area contributed by atoms with E-state index in [1.165, 1.54) is 141 Å². The van der Waals surface area contributed by atoms with Crippen molar-refractivity contribution in [2.45, 2.75) is 245 Å². The second-order valence-electron chi connectivity index (χ2n) is 19.2. The van der Waals surface area contributed by atoms with Crippen molar-refractivity contribution < 1.29 is 42.1 Å². The van der Waals surface area contributed by atoms with E-state index in [-0.39, 0.29) is 32.0 Å². The third-order valence-electron chi connectivity index (χ3n) is 11.6. The highest BCUT2D eigenvalue weighted by molar-refractivity contribution is 7.45. The van der Waals surface area contributed by atoms with Crippen molar-refractivity contribution in [1.29, 1.82) is 0 Å². The molecule has 9 nitrogen and oxygen atoms in total. The first kappa shape index (κ1) is 63.0. The number of carbonyl (C=O) groups is 2. The molecule has 0 spiro atoms. The van der Waals surface area contributed by atoms with Crippen LogP contribution in [-0.2, 0) is 32.7 Å². The van der Waals surface area contributed by atoms with E-state index in [0.29, 0.717) is 17.4 Å². The number of quaternary nitrogens is 1. The summed E-state index contributed by atoms with van der Waals surface area (Å²) < 4.78 is 34.0. The van der Waals surface area contributed by atoms with E-state index in [9.17, 15) is 19.0 Å². The van der Waals surface area contributed by atoms with Gasteiger partial charge in [-0.25, -0.2) is 0 Å². The Kier molecular flexibility index (Phi) is 45.6. The van der Waals surface area contributed by atoms with Gasteiger partial charge in [0.15, 0.2) is 6.10 Å². The molecular weight excluding hydrogens is 834 g/mol. The van der Waals surface area contributed by atoms with Crippen LogP contribution in [-0.4, -0.2) is 70.0 Å². The van der Waals surface area contributed by atoms with Crippen LogP contribution in [0.1, 0.15) is 239 Å². The first-order valence-corrected chi connectivity index (χ1v) is 28.3. The van der Waals surface area contributed by atoms with E-state index < -0.39 is 26.5 Å². The number of likely N-dealkylation sites (N-methyl/N-ethyl adjacent to an activating group) is 1. The Labute approximate surface area is 401 Å². The van der Waals surface area contributed by atoms with Gasteiger partial charge in [-0.2, -0.15) is 0 Å². The predicted molar refractivity (Wildman–Crippen MR) is 273 cm³/mol. The third-order valence-corrected chi connectivity index (χ3v) is 12.6. The Bertz CT molecular complexity index is 1240. The molecule has 0 N–H and O–H groups in total. The number of unbranched alkanes of at least 4 members (excludes halogenated alkanes) is 27. The largest absolute Gasteiger partial charge is 0.756 e. The van der Waals surface area contributed by atoms with E-state index >= 15 is 0 Å². The number of rotatable bonds is 49. The topological polar surface area (TPSA) is 111 Å². The summed E-state index contributed by atoms with van der Waals surface area (Å²) in [5.74, 6) is -0.825. The van der Waals surface area contributed by atoms with E-state index in [2.05, 4.69) is 62.5 Å². The average molecular weight is 936 g/mol. The number of allylic oxidation sites excluding steroid dienone is 8. The average Bonchev–Trinajstić information content (AvgIpc) is 3.26. The molecule has 0 radical (unpaired) electrons. The van der Waals surface area contributed by atoms with Gasteiger partial charge in [-0.1, -0.05) is 223 Å². The number of hydrogen-bond donors (Lipinski definition) is 0. The highest BCUT2D eigenvalue weighted by atomic mass is 31.2. The van der Waals surface area contributed by atoms with Gasteiger partial charge in [-0.05, 0) is 51.4 Å². The summed E-state index contributed by atoms with van der Waals surface area (Å²) >= 11 is 0. The van der Waals surface area contributed by atoms with E-state index in [1.807, 2.05) is 21.1 Å². The van der Waals surface area contributed by atoms with Crippen LogP contribution < -0.4 is 4.89 Å². The van der Waals surface area contributed by atoms with E-state index in [4.69, 9.17) is 18.5 Å². The van der Waals surface area contributed by atoms with Crippen LogP contribution in [0.5, 0.6) is 0 Å². The maximum absolute atomic E-state index is 12.7. The molecule has 65 heavy (non-hydrogen) atoms. The number of esters is 2. The van der Waals surface area contributed by atoms with E-state index in [0.717, 1.165) is 64.2 Å². The zero-order valence-electron chi connectivity index (χ0n) is 42.9. The molecular formula is C55H102NO8P. The van der Waals surface area contributed by atoms with Gasteiger partial charge in [0, 0.05) is 12.8 Å². The third kappa shape index (κ3) is 51.2. The second-order valence-corrected chi connectivity index (χ2v) is 20.6. The van der Waals surface area contributed by atoms with Gasteiger partial charge in [0.25, 0.3) is 7.82 Å². The van der Waals surface area contributed by atoms with Crippen molar-refractivity contribution in [2.75, 3.05) is 47.5 Å². The van der Waals surface area contributed by atoms with Crippen LogP contribution >= 0.6 is 7.82 Å². The Balaban J connectivity index is 4.08. The Morgan fingerprint density at radius 1 is 0.492 bits per heavy atom. The summed E-state index contributed by atoms with van der Waals surface area (Å²) in [6.45, 7) is 4.14. The molecule has 0 aliphatic rings. The molecule has 10 heteroatoms. The molecule has 0 heterocycles. The Morgan fingerprint density at radius 3 is 1.31 bits per heavy atom. The SMILES string of the molecule is CC/C=C\C/C=C\C/C=C\C/C=C\CCCCCCCCCCCCCCCCCCC(=O)OC(COC(=O)CCCCCCCCCCCCCC)COP(=O)([O-])OCC[N+](C)(C)C. The summed E-state index contributed by atoms with van der Waals surface area (Å²) in [6.07, 6.45) is 57.3.